The molecule has 2 atom stereocenters. The van der Waals surface area contributed by atoms with E-state index in [-0.39, 0.29) is 5.76 Å². The summed E-state index contributed by atoms with van der Waals surface area (Å²) in [5, 5.41) is 14.2. The van der Waals surface area contributed by atoms with Gasteiger partial charge in [-0.05, 0) is 16.7 Å². The van der Waals surface area contributed by atoms with Crippen LogP contribution in [0.3, 0.4) is 0 Å². The van der Waals surface area contributed by atoms with Crippen molar-refractivity contribution in [3.05, 3.63) is 137 Å². The van der Waals surface area contributed by atoms with Crippen LogP contribution in [0.15, 0.2) is 115 Å². The highest BCUT2D eigenvalue weighted by atomic mass is 16.5. The van der Waals surface area contributed by atoms with Crippen molar-refractivity contribution in [3.63, 3.8) is 0 Å². The van der Waals surface area contributed by atoms with Crippen molar-refractivity contribution in [3.8, 4) is 0 Å². The molecule has 1 aliphatic rings. The smallest absolute Gasteiger partial charge is 0.347 e. The maximum atomic E-state index is 12.9. The fourth-order valence-electron chi connectivity index (χ4n) is 5.32. The van der Waals surface area contributed by atoms with E-state index in [1.54, 1.807) is 12.5 Å². The van der Waals surface area contributed by atoms with Crippen molar-refractivity contribution in [2.24, 2.45) is 0 Å². The summed E-state index contributed by atoms with van der Waals surface area (Å²) in [4.78, 5) is 33.0. The molecule has 4 aromatic rings. The summed E-state index contributed by atoms with van der Waals surface area (Å²) < 4.78 is 4.79. The highest BCUT2D eigenvalue weighted by molar-refractivity contribution is 6.18. The number of hydrogen-bond donors (Lipinski definition) is 3. The van der Waals surface area contributed by atoms with E-state index in [2.05, 4.69) is 15.3 Å². The number of rotatable bonds is 7. The van der Waals surface area contributed by atoms with Crippen LogP contribution < -0.4 is 5.32 Å². The molecule has 36 heavy (non-hydrogen) atoms. The highest BCUT2D eigenvalue weighted by Gasteiger charge is 2.53. The normalized spacial score (nSPS) is 16.5. The van der Waals surface area contributed by atoms with Gasteiger partial charge in [0.05, 0.1) is 30.6 Å². The second kappa shape index (κ2) is 9.54. The number of aliphatic hydroxyl groups is 1. The van der Waals surface area contributed by atoms with Crippen LogP contribution in [0, 0.1) is 0 Å². The van der Waals surface area contributed by atoms with Crippen LogP contribution in [0.4, 0.5) is 0 Å². The lowest BCUT2D eigenvalue weighted by Crippen LogP contribution is -2.47. The number of aliphatic hydroxyl groups excluding tert-OH is 1. The zero-order valence-electron chi connectivity index (χ0n) is 19.6. The number of carbonyl (C=O) groups is 2. The van der Waals surface area contributed by atoms with Gasteiger partial charge in [0.2, 0.25) is 0 Å². The van der Waals surface area contributed by atoms with E-state index >= 15 is 0 Å². The molecule has 0 spiro atoms. The number of nitrogens with zero attached hydrogens (tertiary/aromatic N) is 1. The second-order valence-corrected chi connectivity index (χ2v) is 8.58. The number of aromatic nitrogens is 2. The molecule has 3 aromatic carbocycles. The van der Waals surface area contributed by atoms with Crippen molar-refractivity contribution in [2.45, 2.75) is 17.4 Å². The Morgan fingerprint density at radius 3 is 1.83 bits per heavy atom. The van der Waals surface area contributed by atoms with Gasteiger partial charge in [-0.15, -0.1) is 0 Å². The zero-order chi connectivity index (χ0) is 25.1. The summed E-state index contributed by atoms with van der Waals surface area (Å²) in [6.45, 7) is 0. The van der Waals surface area contributed by atoms with Crippen molar-refractivity contribution in [1.82, 2.24) is 15.3 Å². The molecule has 7 nitrogen and oxygen atoms in total. The highest BCUT2D eigenvalue weighted by Crippen LogP contribution is 2.52. The molecular formula is C29H25N3O4. The molecule has 1 amide bonds. The van der Waals surface area contributed by atoms with Gasteiger partial charge in [-0.25, -0.2) is 9.78 Å². The summed E-state index contributed by atoms with van der Waals surface area (Å²) in [7, 11) is 1.18. The molecule has 5 rings (SSSR count). The SMILES string of the molecule is COC(=O)C1=C(O)C(C(c2c[nH]cn2)C(c2ccccc2)(c2ccccc2)c2ccccc2)NC1=O. The van der Waals surface area contributed by atoms with E-state index in [1.165, 1.54) is 7.11 Å². The Labute approximate surface area is 208 Å². The number of hydrogen-bond acceptors (Lipinski definition) is 5. The number of carbonyl (C=O) groups excluding carboxylic acids is 2. The lowest BCUT2D eigenvalue weighted by Gasteiger charge is -2.44. The first-order valence-electron chi connectivity index (χ1n) is 11.6. The van der Waals surface area contributed by atoms with Gasteiger partial charge in [0.1, 0.15) is 5.76 Å². The number of H-pyrrole nitrogens is 1. The fourth-order valence-corrected chi connectivity index (χ4v) is 5.32. The van der Waals surface area contributed by atoms with E-state index < -0.39 is 34.8 Å². The Bertz CT molecular complexity index is 1290. The average Bonchev–Trinajstić information content (AvgIpc) is 3.56. The van der Waals surface area contributed by atoms with Crippen LogP contribution in [0.25, 0.3) is 0 Å². The van der Waals surface area contributed by atoms with Crippen molar-refractivity contribution >= 4 is 11.9 Å². The maximum Gasteiger partial charge on any atom is 0.347 e. The van der Waals surface area contributed by atoms with E-state index in [4.69, 9.17) is 4.74 Å². The molecule has 0 saturated carbocycles. The van der Waals surface area contributed by atoms with Gasteiger partial charge in [-0.3, -0.25) is 4.79 Å². The predicted octanol–water partition coefficient (Wildman–Crippen LogP) is 4.01. The van der Waals surface area contributed by atoms with Crippen LogP contribution in [-0.4, -0.2) is 40.1 Å². The Morgan fingerprint density at radius 2 is 1.42 bits per heavy atom. The van der Waals surface area contributed by atoms with E-state index in [1.807, 2.05) is 91.0 Å². The zero-order valence-corrected chi connectivity index (χ0v) is 19.6. The minimum Gasteiger partial charge on any atom is -0.509 e. The summed E-state index contributed by atoms with van der Waals surface area (Å²) in [6, 6.07) is 28.8. The second-order valence-electron chi connectivity index (χ2n) is 8.58. The van der Waals surface area contributed by atoms with Crippen molar-refractivity contribution in [1.29, 1.82) is 0 Å². The summed E-state index contributed by atoms with van der Waals surface area (Å²) in [5.74, 6) is -2.60. The first-order chi connectivity index (χ1) is 17.6. The van der Waals surface area contributed by atoms with Gasteiger partial charge in [0.25, 0.3) is 5.91 Å². The number of aromatic amines is 1. The van der Waals surface area contributed by atoms with Gasteiger partial charge in [-0.2, -0.15) is 0 Å². The quantitative estimate of drug-likeness (QED) is 0.211. The standard InChI is InChI=1S/C29H25N3O4/c1-36-28(35)23-26(33)25(32-27(23)34)24(22-17-30-18-31-22)29(19-11-5-2-6-12-19,20-13-7-3-8-14-20)21-15-9-4-10-16-21/h2-18,24-25,33H,1H3,(H,30,31)(H,32,34). The minimum atomic E-state index is -0.962. The Hall–Kier alpha value is -4.65. The monoisotopic (exact) mass is 479 g/mol. The summed E-state index contributed by atoms with van der Waals surface area (Å²) >= 11 is 0. The third kappa shape index (κ3) is 3.65. The molecule has 0 fully saturated rings. The number of methoxy groups -OCH3 is 1. The fraction of sp³-hybridized carbons (Fsp3) is 0.138. The first kappa shape index (κ1) is 23.1. The molecule has 0 radical (unpaired) electrons. The number of benzene rings is 3. The maximum absolute atomic E-state index is 12.9. The number of ether oxygens (including phenoxy) is 1. The number of nitrogens with one attached hydrogen (secondary N) is 2. The van der Waals surface area contributed by atoms with Gasteiger partial charge in [0.15, 0.2) is 5.57 Å². The lowest BCUT2D eigenvalue weighted by atomic mass is 9.58. The number of imidazole rings is 1. The van der Waals surface area contributed by atoms with Crippen LogP contribution in [-0.2, 0) is 19.7 Å². The Morgan fingerprint density at radius 1 is 0.917 bits per heavy atom. The molecule has 0 saturated heterocycles. The summed E-state index contributed by atoms with van der Waals surface area (Å²) in [6.07, 6.45) is 3.32. The minimum absolute atomic E-state index is 0.369. The predicted molar refractivity (Wildman–Crippen MR) is 134 cm³/mol. The third-order valence-electron chi connectivity index (χ3n) is 6.78. The van der Waals surface area contributed by atoms with Gasteiger partial charge in [-0.1, -0.05) is 91.0 Å². The molecule has 1 aromatic heterocycles. The topological polar surface area (TPSA) is 104 Å². The van der Waals surface area contributed by atoms with Crippen LogP contribution >= 0.6 is 0 Å². The van der Waals surface area contributed by atoms with Crippen molar-refractivity contribution in [2.75, 3.05) is 7.11 Å². The van der Waals surface area contributed by atoms with Crippen LogP contribution in [0.2, 0.25) is 0 Å². The molecule has 0 bridgehead atoms. The molecule has 0 aliphatic carbocycles. The van der Waals surface area contributed by atoms with Gasteiger partial charge >= 0.3 is 5.97 Å². The molecule has 1 aliphatic heterocycles. The molecule has 2 heterocycles. The molecule has 7 heteroatoms. The Balaban J connectivity index is 1.89. The molecular weight excluding hydrogens is 454 g/mol. The average molecular weight is 480 g/mol. The van der Waals surface area contributed by atoms with Crippen LogP contribution in [0.1, 0.15) is 28.3 Å². The van der Waals surface area contributed by atoms with Crippen molar-refractivity contribution < 1.29 is 19.4 Å². The Kier molecular flexibility index (Phi) is 6.12. The first-order valence-corrected chi connectivity index (χ1v) is 11.6. The van der Waals surface area contributed by atoms with Gasteiger partial charge in [0, 0.05) is 12.1 Å². The van der Waals surface area contributed by atoms with Crippen LogP contribution in [0.5, 0.6) is 0 Å². The number of esters is 1. The number of amides is 1. The van der Waals surface area contributed by atoms with E-state index in [9.17, 15) is 14.7 Å². The molecule has 2 unspecified atom stereocenters. The third-order valence-corrected chi connectivity index (χ3v) is 6.78. The summed E-state index contributed by atoms with van der Waals surface area (Å²) in [5.41, 5.74) is 2.09. The lowest BCUT2D eigenvalue weighted by molar-refractivity contribution is -0.137. The molecule has 180 valence electrons. The van der Waals surface area contributed by atoms with Gasteiger partial charge < -0.3 is 20.1 Å². The van der Waals surface area contributed by atoms with E-state index in [0.29, 0.717) is 5.69 Å². The molecule has 3 N–H and O–H groups in total. The largest absolute Gasteiger partial charge is 0.509 e. The van der Waals surface area contributed by atoms with E-state index in [0.717, 1.165) is 16.7 Å².